The van der Waals surface area contributed by atoms with Gasteiger partial charge in [0, 0.05) is 17.3 Å². The Bertz CT molecular complexity index is 562. The number of amides is 1. The van der Waals surface area contributed by atoms with Crippen LogP contribution in [0.1, 0.15) is 27.7 Å². The molecule has 1 amide bonds. The Labute approximate surface area is 123 Å². The average molecular weight is 295 g/mol. The van der Waals surface area contributed by atoms with Crippen molar-refractivity contribution in [2.45, 2.75) is 33.2 Å². The van der Waals surface area contributed by atoms with Crippen molar-refractivity contribution in [2.75, 3.05) is 12.4 Å². The summed E-state index contributed by atoms with van der Waals surface area (Å²) in [6.45, 7) is 6.95. The van der Waals surface area contributed by atoms with E-state index in [1.54, 1.807) is 33.8 Å². The van der Waals surface area contributed by atoms with E-state index in [4.69, 9.17) is 10.5 Å². The number of benzene rings is 1. The lowest BCUT2D eigenvalue weighted by Gasteiger charge is -2.36. The summed E-state index contributed by atoms with van der Waals surface area (Å²) in [5.74, 6) is -0.175. The number of hydrogen-bond acceptors (Lipinski definition) is 5. The van der Waals surface area contributed by atoms with Gasteiger partial charge in [0.15, 0.2) is 5.75 Å². The number of nitrogens with two attached hydrogens (primary N) is 1. The van der Waals surface area contributed by atoms with Crippen LogP contribution in [-0.4, -0.2) is 23.5 Å². The Hall–Kier alpha value is -2.15. The first-order valence-corrected chi connectivity index (χ1v) is 6.43. The lowest BCUT2D eigenvalue weighted by molar-refractivity contribution is -0.385. The van der Waals surface area contributed by atoms with Crippen molar-refractivity contribution in [3.05, 3.63) is 28.3 Å². The molecule has 0 radical (unpaired) electrons. The molecule has 0 aromatic heterocycles. The molecule has 0 bridgehead atoms. The molecule has 0 unspecified atom stereocenters. The first-order chi connectivity index (χ1) is 9.50. The summed E-state index contributed by atoms with van der Waals surface area (Å²) >= 11 is 0. The SMILES string of the molecule is COc1ccc(NC(=O)C(C)(C)C(C)(C)N)cc1[N+](=O)[O-]. The molecular weight excluding hydrogens is 274 g/mol. The molecular formula is C14H21N3O4. The zero-order valence-electron chi connectivity index (χ0n) is 12.9. The van der Waals surface area contributed by atoms with E-state index in [1.807, 2.05) is 0 Å². The lowest BCUT2D eigenvalue weighted by Crippen LogP contribution is -2.53. The highest BCUT2D eigenvalue weighted by atomic mass is 16.6. The number of nitrogens with zero attached hydrogens (tertiary/aromatic N) is 1. The van der Waals surface area contributed by atoms with E-state index in [9.17, 15) is 14.9 Å². The molecule has 21 heavy (non-hydrogen) atoms. The van der Waals surface area contributed by atoms with E-state index in [0.29, 0.717) is 5.69 Å². The van der Waals surface area contributed by atoms with Crippen LogP contribution in [0.25, 0.3) is 0 Å². The first kappa shape index (κ1) is 16.9. The van der Waals surface area contributed by atoms with Crippen LogP contribution >= 0.6 is 0 Å². The van der Waals surface area contributed by atoms with Gasteiger partial charge in [0.25, 0.3) is 0 Å². The molecule has 0 atom stereocenters. The van der Waals surface area contributed by atoms with Crippen molar-refractivity contribution in [3.8, 4) is 5.75 Å². The van der Waals surface area contributed by atoms with Crippen LogP contribution in [0.5, 0.6) is 5.75 Å². The van der Waals surface area contributed by atoms with Crippen LogP contribution in [0.15, 0.2) is 18.2 Å². The summed E-state index contributed by atoms with van der Waals surface area (Å²) < 4.78 is 4.91. The van der Waals surface area contributed by atoms with E-state index in [0.717, 1.165) is 0 Å². The summed E-state index contributed by atoms with van der Waals surface area (Å²) in [6, 6.07) is 4.24. The zero-order chi connectivity index (χ0) is 16.4. The quantitative estimate of drug-likeness (QED) is 0.640. The summed E-state index contributed by atoms with van der Waals surface area (Å²) in [5, 5.41) is 13.6. The highest BCUT2D eigenvalue weighted by molar-refractivity contribution is 5.96. The minimum absolute atomic E-state index is 0.136. The van der Waals surface area contributed by atoms with Crippen molar-refractivity contribution >= 4 is 17.3 Å². The Balaban J connectivity index is 3.07. The molecule has 7 nitrogen and oxygen atoms in total. The maximum Gasteiger partial charge on any atom is 0.312 e. The Morgan fingerprint density at radius 1 is 1.33 bits per heavy atom. The van der Waals surface area contributed by atoms with Crippen LogP contribution in [0.2, 0.25) is 0 Å². The second kappa shape index (κ2) is 5.69. The smallest absolute Gasteiger partial charge is 0.312 e. The van der Waals surface area contributed by atoms with E-state index in [1.165, 1.54) is 19.2 Å². The maximum atomic E-state index is 12.3. The Morgan fingerprint density at radius 2 is 1.90 bits per heavy atom. The molecule has 116 valence electrons. The predicted octanol–water partition coefficient (Wildman–Crippen LogP) is 2.31. The van der Waals surface area contributed by atoms with Crippen molar-refractivity contribution < 1.29 is 14.5 Å². The molecule has 0 aliphatic heterocycles. The van der Waals surface area contributed by atoms with Gasteiger partial charge < -0.3 is 15.8 Å². The molecule has 1 aromatic carbocycles. The van der Waals surface area contributed by atoms with Crippen LogP contribution in [0, 0.1) is 15.5 Å². The largest absolute Gasteiger partial charge is 0.490 e. The molecule has 7 heteroatoms. The summed E-state index contributed by atoms with van der Waals surface area (Å²) in [5.41, 5.74) is 4.53. The third-order valence-electron chi connectivity index (χ3n) is 3.81. The number of carbonyl (C=O) groups is 1. The van der Waals surface area contributed by atoms with Crippen LogP contribution in [0.3, 0.4) is 0 Å². The van der Waals surface area contributed by atoms with E-state index < -0.39 is 15.9 Å². The number of methoxy groups -OCH3 is 1. The average Bonchev–Trinajstić information content (AvgIpc) is 2.37. The van der Waals surface area contributed by atoms with Gasteiger partial charge in [-0.2, -0.15) is 0 Å². The van der Waals surface area contributed by atoms with Gasteiger partial charge in [-0.25, -0.2) is 0 Å². The highest BCUT2D eigenvalue weighted by Gasteiger charge is 2.40. The Kier molecular flexibility index (Phi) is 4.58. The van der Waals surface area contributed by atoms with E-state index >= 15 is 0 Å². The second-order valence-electron chi connectivity index (χ2n) is 5.94. The van der Waals surface area contributed by atoms with Crippen molar-refractivity contribution in [1.29, 1.82) is 0 Å². The number of hydrogen-bond donors (Lipinski definition) is 2. The number of nitro benzene ring substituents is 1. The Morgan fingerprint density at radius 3 is 2.33 bits per heavy atom. The van der Waals surface area contributed by atoms with Crippen molar-refractivity contribution in [3.63, 3.8) is 0 Å². The monoisotopic (exact) mass is 295 g/mol. The van der Waals surface area contributed by atoms with E-state index in [2.05, 4.69) is 5.32 Å². The summed E-state index contributed by atoms with van der Waals surface area (Å²) in [6.07, 6.45) is 0. The number of anilines is 1. The summed E-state index contributed by atoms with van der Waals surface area (Å²) in [4.78, 5) is 22.7. The molecule has 0 saturated heterocycles. The molecule has 1 rings (SSSR count). The first-order valence-electron chi connectivity index (χ1n) is 6.43. The number of rotatable bonds is 5. The molecule has 0 fully saturated rings. The fraction of sp³-hybridized carbons (Fsp3) is 0.500. The molecule has 0 aliphatic carbocycles. The molecule has 0 spiro atoms. The molecule has 0 aliphatic rings. The fourth-order valence-electron chi connectivity index (χ4n) is 1.49. The maximum absolute atomic E-state index is 12.3. The van der Waals surface area contributed by atoms with Gasteiger partial charge in [-0.05, 0) is 39.8 Å². The minimum atomic E-state index is -0.846. The summed E-state index contributed by atoms with van der Waals surface area (Å²) in [7, 11) is 1.35. The standard InChI is InChI=1S/C14H21N3O4/c1-13(2,14(3,4)15)12(18)16-9-6-7-11(21-5)10(8-9)17(19)20/h6-8H,15H2,1-5H3,(H,16,18). The molecule has 0 heterocycles. The van der Waals surface area contributed by atoms with Gasteiger partial charge in [-0.15, -0.1) is 0 Å². The van der Waals surface area contributed by atoms with Crippen LogP contribution in [0.4, 0.5) is 11.4 Å². The molecule has 0 saturated carbocycles. The van der Waals surface area contributed by atoms with Gasteiger partial charge >= 0.3 is 5.69 Å². The van der Waals surface area contributed by atoms with Gasteiger partial charge in [-0.3, -0.25) is 14.9 Å². The topological polar surface area (TPSA) is 107 Å². The van der Waals surface area contributed by atoms with Crippen LogP contribution in [-0.2, 0) is 4.79 Å². The third-order valence-corrected chi connectivity index (χ3v) is 3.81. The van der Waals surface area contributed by atoms with Gasteiger partial charge in [-0.1, -0.05) is 0 Å². The normalized spacial score (nSPS) is 11.9. The lowest BCUT2D eigenvalue weighted by atomic mass is 9.74. The van der Waals surface area contributed by atoms with Crippen LogP contribution < -0.4 is 15.8 Å². The van der Waals surface area contributed by atoms with Crippen molar-refractivity contribution in [2.24, 2.45) is 11.1 Å². The highest BCUT2D eigenvalue weighted by Crippen LogP contribution is 2.33. The van der Waals surface area contributed by atoms with Gasteiger partial charge in [0.2, 0.25) is 5.91 Å². The number of ether oxygens (including phenoxy) is 1. The minimum Gasteiger partial charge on any atom is -0.490 e. The molecule has 1 aromatic rings. The second-order valence-corrected chi connectivity index (χ2v) is 5.94. The fourth-order valence-corrected chi connectivity index (χ4v) is 1.49. The van der Waals surface area contributed by atoms with Gasteiger partial charge in [0.1, 0.15) is 0 Å². The zero-order valence-corrected chi connectivity index (χ0v) is 12.9. The number of nitro groups is 1. The van der Waals surface area contributed by atoms with Gasteiger partial charge in [0.05, 0.1) is 17.4 Å². The predicted molar refractivity (Wildman–Crippen MR) is 80.3 cm³/mol. The number of nitrogens with one attached hydrogen (secondary N) is 1. The van der Waals surface area contributed by atoms with E-state index in [-0.39, 0.29) is 17.3 Å². The molecule has 3 N–H and O–H groups in total. The van der Waals surface area contributed by atoms with Crippen molar-refractivity contribution in [1.82, 2.24) is 0 Å². The third kappa shape index (κ3) is 3.49. The number of carbonyl (C=O) groups excluding carboxylic acids is 1.